The third-order valence-electron chi connectivity index (χ3n) is 6.80. The van der Waals surface area contributed by atoms with Gasteiger partial charge in [-0.15, -0.1) is 0 Å². The van der Waals surface area contributed by atoms with Crippen LogP contribution in [-0.4, -0.2) is 33.7 Å². The Bertz CT molecular complexity index is 2450. The van der Waals surface area contributed by atoms with E-state index >= 15 is 0 Å². The molecule has 2 N–H and O–H groups in total. The number of nitrogens with one attached hydrogen (secondary N) is 2. The smallest absolute Gasteiger partial charge is 0.270 e. The van der Waals surface area contributed by atoms with Crippen molar-refractivity contribution in [3.63, 3.8) is 0 Å². The van der Waals surface area contributed by atoms with Crippen LogP contribution in [0, 0.1) is 0 Å². The van der Waals surface area contributed by atoms with Gasteiger partial charge < -0.3 is 5.11 Å². The fourth-order valence-electron chi connectivity index (χ4n) is 4.84. The number of hydrogen-bond acceptors (Lipinski definition) is 7. The third kappa shape index (κ3) is 3.91. The van der Waals surface area contributed by atoms with Crippen LogP contribution >= 0.6 is 0 Å². The zero-order chi connectivity index (χ0) is 28.1. The zero-order valence-electron chi connectivity index (χ0n) is 21.1. The summed E-state index contributed by atoms with van der Waals surface area (Å²) in [5, 5.41) is 13.3. The molecule has 0 fully saturated rings. The Morgan fingerprint density at radius 1 is 0.780 bits per heavy atom. The molecule has 0 atom stereocenters. The van der Waals surface area contributed by atoms with E-state index in [0.29, 0.717) is 33.2 Å². The molecule has 11 nitrogen and oxygen atoms in total. The van der Waals surface area contributed by atoms with Gasteiger partial charge in [-0.1, -0.05) is 36.4 Å². The molecule has 5 heterocycles. The lowest BCUT2D eigenvalue weighted by molar-refractivity contribution is -0.276. The van der Waals surface area contributed by atoms with Crippen molar-refractivity contribution in [3.05, 3.63) is 133 Å². The van der Waals surface area contributed by atoms with E-state index < -0.39 is 22.6 Å². The molecular weight excluding hydrogens is 522 g/mol. The fraction of sp³-hybridized carbons (Fsp3) is 0. The summed E-state index contributed by atoms with van der Waals surface area (Å²) in [6.07, 6.45) is 9.14. The first-order valence-corrected chi connectivity index (χ1v) is 12.5. The minimum Gasteiger partial charge on any atom is -0.859 e. The minimum atomic E-state index is -0.595. The molecule has 0 radical (unpaired) electrons. The van der Waals surface area contributed by atoms with Gasteiger partial charge in [-0.05, 0) is 65.6 Å². The average Bonchev–Trinajstić information content (AvgIpc) is 3.54. The monoisotopic (exact) mass is 540 g/mol. The minimum absolute atomic E-state index is 0.103. The standard InChI is InChI=1S/C30H19N7O4/c38-25-19(27(40)36-23-7-3-1-5-21(23)32-29(36)34-25)11-9-17(18-13-15-31-16-14-18)10-12-20-26(39)35-30-33-22-6-2-4-8-24(22)37(30)28(20)41/h1-16,40H,(H,32,34,38)(H,33,35,39)/p-1/b11-9+,17-10-,20-12+. The van der Waals surface area contributed by atoms with Gasteiger partial charge in [0.2, 0.25) is 11.6 Å². The third-order valence-corrected chi connectivity index (χ3v) is 6.80. The normalized spacial score (nSPS) is 13.0. The highest BCUT2D eigenvalue weighted by molar-refractivity contribution is 5.84. The molecule has 0 aliphatic carbocycles. The van der Waals surface area contributed by atoms with Crippen LogP contribution in [0.3, 0.4) is 0 Å². The molecule has 0 spiro atoms. The van der Waals surface area contributed by atoms with Crippen molar-refractivity contribution >= 4 is 51.3 Å². The molecule has 41 heavy (non-hydrogen) atoms. The molecule has 0 aliphatic rings. The van der Waals surface area contributed by atoms with E-state index in [2.05, 4.69) is 24.9 Å². The van der Waals surface area contributed by atoms with Crippen molar-refractivity contribution in [2.24, 2.45) is 0 Å². The second-order valence-electron chi connectivity index (χ2n) is 9.22. The number of fused-ring (bicyclic) bond motifs is 6. The number of allylic oxidation sites excluding steroid dienone is 3. The lowest BCUT2D eigenvalue weighted by atomic mass is 10.1. The van der Waals surface area contributed by atoms with Gasteiger partial charge in [0.25, 0.3) is 16.7 Å². The Kier molecular flexibility index (Phi) is 5.42. The summed E-state index contributed by atoms with van der Waals surface area (Å²) in [5.41, 5.74) is 1.69. The molecule has 0 saturated carbocycles. The Labute approximate surface area is 228 Å². The molecule has 7 aromatic rings. The number of aromatic nitrogens is 7. The highest BCUT2D eigenvalue weighted by atomic mass is 16.3. The zero-order valence-corrected chi connectivity index (χ0v) is 21.1. The maximum atomic E-state index is 13.4. The predicted molar refractivity (Wildman–Crippen MR) is 153 cm³/mol. The summed E-state index contributed by atoms with van der Waals surface area (Å²) in [6, 6.07) is 17.6. The number of para-hydroxylation sites is 4. The van der Waals surface area contributed by atoms with Crippen LogP contribution in [0.1, 0.15) is 11.1 Å². The van der Waals surface area contributed by atoms with Crippen LogP contribution in [0.15, 0.2) is 99.6 Å². The van der Waals surface area contributed by atoms with E-state index in [0.717, 1.165) is 0 Å². The van der Waals surface area contributed by atoms with Crippen molar-refractivity contribution in [1.82, 2.24) is 33.7 Å². The Hall–Kier alpha value is -6.10. The molecule has 5 aromatic heterocycles. The number of H-pyrrole nitrogens is 2. The number of hydrogen-bond donors (Lipinski definition) is 2. The number of imidazole rings is 2. The summed E-state index contributed by atoms with van der Waals surface area (Å²) in [5.74, 6) is -0.218. The van der Waals surface area contributed by atoms with E-state index in [1.165, 1.54) is 21.0 Å². The summed E-state index contributed by atoms with van der Waals surface area (Å²) in [7, 11) is 0. The van der Waals surface area contributed by atoms with Crippen LogP contribution in [-0.2, 0) is 0 Å². The van der Waals surface area contributed by atoms with Crippen molar-refractivity contribution in [3.8, 4) is 5.88 Å². The number of aromatic amines is 2. The van der Waals surface area contributed by atoms with Crippen LogP contribution in [0.5, 0.6) is 5.88 Å². The Morgan fingerprint density at radius 3 is 2.10 bits per heavy atom. The molecule has 11 heteroatoms. The Morgan fingerprint density at radius 2 is 1.39 bits per heavy atom. The molecule has 0 unspecified atom stereocenters. The first-order chi connectivity index (χ1) is 20.0. The molecular formula is C30H18N7O4-. The van der Waals surface area contributed by atoms with Gasteiger partial charge in [-0.2, -0.15) is 0 Å². The van der Waals surface area contributed by atoms with Crippen molar-refractivity contribution < 1.29 is 5.11 Å². The average molecular weight is 541 g/mol. The summed E-state index contributed by atoms with van der Waals surface area (Å²) >= 11 is 0. The Balaban J connectivity index is 1.41. The second-order valence-corrected chi connectivity index (χ2v) is 9.22. The molecule has 198 valence electrons. The first kappa shape index (κ1) is 24.0. The topological polar surface area (TPSA) is 153 Å². The van der Waals surface area contributed by atoms with Gasteiger partial charge in [0.15, 0.2) is 0 Å². The number of nitrogens with zero attached hydrogens (tertiary/aromatic N) is 5. The lowest BCUT2D eigenvalue weighted by Crippen LogP contribution is -2.44. The van der Waals surface area contributed by atoms with Crippen LogP contribution in [0.25, 0.3) is 51.3 Å². The van der Waals surface area contributed by atoms with Gasteiger partial charge in [0.1, 0.15) is 5.22 Å². The van der Waals surface area contributed by atoms with Crippen LogP contribution in [0.2, 0.25) is 0 Å². The lowest BCUT2D eigenvalue weighted by Gasteiger charge is -2.13. The highest BCUT2D eigenvalue weighted by Gasteiger charge is 2.11. The van der Waals surface area contributed by atoms with E-state index in [9.17, 15) is 19.5 Å². The molecule has 7 rings (SSSR count). The number of pyridine rings is 1. The van der Waals surface area contributed by atoms with Gasteiger partial charge in [0.05, 0.1) is 22.1 Å². The largest absolute Gasteiger partial charge is 0.859 e. The van der Waals surface area contributed by atoms with Gasteiger partial charge in [0, 0.05) is 18.0 Å². The van der Waals surface area contributed by atoms with Gasteiger partial charge in [-0.3, -0.25) is 33.7 Å². The van der Waals surface area contributed by atoms with Crippen LogP contribution in [0.4, 0.5) is 0 Å². The molecule has 0 aliphatic heterocycles. The number of rotatable bonds is 4. The number of benzene rings is 2. The van der Waals surface area contributed by atoms with Crippen molar-refractivity contribution in [2.75, 3.05) is 0 Å². The van der Waals surface area contributed by atoms with Crippen molar-refractivity contribution in [1.29, 1.82) is 0 Å². The first-order valence-electron chi connectivity index (χ1n) is 12.5. The summed E-state index contributed by atoms with van der Waals surface area (Å²) in [6.45, 7) is 0. The van der Waals surface area contributed by atoms with Gasteiger partial charge >= 0.3 is 0 Å². The van der Waals surface area contributed by atoms with Crippen molar-refractivity contribution in [2.45, 2.75) is 0 Å². The summed E-state index contributed by atoms with van der Waals surface area (Å²) in [4.78, 5) is 57.1. The van der Waals surface area contributed by atoms with E-state index in [1.54, 1.807) is 85.2 Å². The highest BCUT2D eigenvalue weighted by Crippen LogP contribution is 2.23. The predicted octanol–water partition coefficient (Wildman–Crippen LogP) is 1.79. The van der Waals surface area contributed by atoms with Crippen LogP contribution < -0.4 is 27.0 Å². The SMILES string of the molecule is O=c1[nH]c2nc3ccccc3n2c([O-])c1/C=C/C(=C/C=c1\c(=O)[nH]c2nc3ccccc3n2c1=O)c1ccncc1. The van der Waals surface area contributed by atoms with E-state index in [4.69, 9.17) is 0 Å². The molecule has 0 amide bonds. The van der Waals surface area contributed by atoms with Gasteiger partial charge in [-0.25, -0.2) is 14.4 Å². The van der Waals surface area contributed by atoms with E-state index in [1.807, 2.05) is 0 Å². The molecule has 2 aromatic carbocycles. The fourth-order valence-corrected chi connectivity index (χ4v) is 4.84. The second kappa shape index (κ2) is 9.27. The summed E-state index contributed by atoms with van der Waals surface area (Å²) < 4.78 is 2.71. The molecule has 0 saturated heterocycles. The maximum absolute atomic E-state index is 13.4. The van der Waals surface area contributed by atoms with E-state index in [-0.39, 0.29) is 22.3 Å². The maximum Gasteiger partial charge on any atom is 0.270 e. The molecule has 0 bridgehead atoms. The quantitative estimate of drug-likeness (QED) is 0.323.